The van der Waals surface area contributed by atoms with Crippen LogP contribution in [0.25, 0.3) is 21.8 Å². The maximum absolute atomic E-state index is 6.94. The maximum atomic E-state index is 6.94. The first-order valence-electron chi connectivity index (χ1n) is 12.2. The molecule has 7 heteroatoms. The quantitative estimate of drug-likeness (QED) is 0.542. The molecule has 3 heterocycles. The molecule has 0 atom stereocenters. The van der Waals surface area contributed by atoms with Crippen LogP contribution in [0.4, 0.5) is 5.95 Å². The molecule has 0 spiro atoms. The van der Waals surface area contributed by atoms with Gasteiger partial charge < -0.3 is 16.0 Å². The Labute approximate surface area is 200 Å². The summed E-state index contributed by atoms with van der Waals surface area (Å²) in [4.78, 5) is 18.0. The molecule has 5 rings (SSSR count). The van der Waals surface area contributed by atoms with E-state index in [2.05, 4.69) is 53.4 Å². The Balaban J connectivity index is 1.53. The number of rotatable bonds is 5. The molecule has 33 heavy (non-hydrogen) atoms. The number of aryl methyl sites for hydroxylation is 1. The van der Waals surface area contributed by atoms with Crippen LogP contribution in [0, 0.1) is 6.92 Å². The lowest BCUT2D eigenvalue weighted by Crippen LogP contribution is -2.46. The van der Waals surface area contributed by atoms with Crippen molar-refractivity contribution in [3.05, 3.63) is 47.1 Å². The van der Waals surface area contributed by atoms with Crippen LogP contribution in [0.5, 0.6) is 0 Å². The molecule has 1 saturated carbocycles. The van der Waals surface area contributed by atoms with Crippen LogP contribution in [-0.2, 0) is 5.54 Å². The SMILES string of the molecule is Cc1cccc(-c2nc(C3(N)CCN(C)CC3)sc2-c2ccnc(NC3CCCCC3)n2)c1. The molecule has 0 radical (unpaired) electrons. The number of piperidine rings is 1. The van der Waals surface area contributed by atoms with Gasteiger partial charge in [0, 0.05) is 17.8 Å². The fourth-order valence-corrected chi connectivity index (χ4v) is 6.13. The fourth-order valence-electron chi connectivity index (χ4n) is 4.91. The third-order valence-electron chi connectivity index (χ3n) is 7.05. The lowest BCUT2D eigenvalue weighted by Gasteiger charge is -2.36. The second kappa shape index (κ2) is 9.49. The van der Waals surface area contributed by atoms with Gasteiger partial charge in [-0.05, 0) is 64.9 Å². The van der Waals surface area contributed by atoms with E-state index in [1.54, 1.807) is 11.3 Å². The van der Waals surface area contributed by atoms with Gasteiger partial charge in [-0.15, -0.1) is 11.3 Å². The number of nitrogens with zero attached hydrogens (tertiary/aromatic N) is 4. The molecule has 174 valence electrons. The molecule has 3 N–H and O–H groups in total. The number of nitrogens with one attached hydrogen (secondary N) is 1. The number of nitrogens with two attached hydrogens (primary N) is 1. The van der Waals surface area contributed by atoms with Crippen molar-refractivity contribution in [2.75, 3.05) is 25.5 Å². The molecule has 0 unspecified atom stereocenters. The van der Waals surface area contributed by atoms with E-state index in [-0.39, 0.29) is 5.54 Å². The van der Waals surface area contributed by atoms with Gasteiger partial charge in [-0.1, -0.05) is 43.0 Å². The minimum absolute atomic E-state index is 0.385. The second-order valence-corrected chi connectivity index (χ2v) is 10.8. The topological polar surface area (TPSA) is 80.0 Å². The summed E-state index contributed by atoms with van der Waals surface area (Å²) in [6.45, 7) is 4.11. The van der Waals surface area contributed by atoms with E-state index in [1.807, 2.05) is 12.3 Å². The third-order valence-corrected chi connectivity index (χ3v) is 8.35. The van der Waals surface area contributed by atoms with Crippen molar-refractivity contribution in [1.82, 2.24) is 19.9 Å². The zero-order valence-corrected chi connectivity index (χ0v) is 20.5. The zero-order chi connectivity index (χ0) is 22.8. The van der Waals surface area contributed by atoms with E-state index in [9.17, 15) is 0 Å². The highest BCUT2D eigenvalue weighted by atomic mass is 32.1. The van der Waals surface area contributed by atoms with Gasteiger partial charge in [-0.2, -0.15) is 0 Å². The Morgan fingerprint density at radius 2 is 1.88 bits per heavy atom. The van der Waals surface area contributed by atoms with E-state index in [4.69, 9.17) is 15.7 Å². The van der Waals surface area contributed by atoms with Crippen LogP contribution < -0.4 is 11.1 Å². The highest BCUT2D eigenvalue weighted by molar-refractivity contribution is 7.15. The summed E-state index contributed by atoms with van der Waals surface area (Å²) in [5, 5.41) is 4.59. The molecule has 0 bridgehead atoms. The Bertz CT molecular complexity index is 1100. The summed E-state index contributed by atoms with van der Waals surface area (Å²) < 4.78 is 0. The minimum atomic E-state index is -0.385. The molecule has 0 amide bonds. The molecule has 1 aromatic carbocycles. The molecule has 6 nitrogen and oxygen atoms in total. The van der Waals surface area contributed by atoms with Crippen LogP contribution >= 0.6 is 11.3 Å². The molecular formula is C26H34N6S. The van der Waals surface area contributed by atoms with Gasteiger partial charge in [0.25, 0.3) is 0 Å². The van der Waals surface area contributed by atoms with E-state index in [0.717, 1.165) is 52.8 Å². The summed E-state index contributed by atoms with van der Waals surface area (Å²) in [5.41, 5.74) is 10.8. The van der Waals surface area contributed by atoms with Crippen molar-refractivity contribution >= 4 is 17.3 Å². The van der Waals surface area contributed by atoms with Gasteiger partial charge >= 0.3 is 0 Å². The van der Waals surface area contributed by atoms with Gasteiger partial charge in [0.1, 0.15) is 5.01 Å². The van der Waals surface area contributed by atoms with Crippen LogP contribution in [-0.4, -0.2) is 46.0 Å². The van der Waals surface area contributed by atoms with Crippen molar-refractivity contribution in [2.45, 2.75) is 63.5 Å². The van der Waals surface area contributed by atoms with Crippen LogP contribution in [0.1, 0.15) is 55.5 Å². The number of anilines is 1. The van der Waals surface area contributed by atoms with Crippen molar-refractivity contribution in [2.24, 2.45) is 5.73 Å². The predicted molar refractivity (Wildman–Crippen MR) is 136 cm³/mol. The van der Waals surface area contributed by atoms with Gasteiger partial charge in [0.2, 0.25) is 5.95 Å². The molecule has 1 aliphatic heterocycles. The molecule has 3 aromatic rings. The highest BCUT2D eigenvalue weighted by Gasteiger charge is 2.35. The van der Waals surface area contributed by atoms with Gasteiger partial charge in [-0.3, -0.25) is 0 Å². The standard InChI is InChI=1S/C26H34N6S/c1-18-7-6-8-19(17-18)22-23(33-24(31-22)26(27)12-15-32(2)16-13-26)21-11-14-28-25(30-21)29-20-9-4-3-5-10-20/h6-8,11,14,17,20H,3-5,9-10,12-13,15-16,27H2,1-2H3,(H,28,29,30). The van der Waals surface area contributed by atoms with Gasteiger partial charge in [-0.25, -0.2) is 15.0 Å². The van der Waals surface area contributed by atoms with E-state index >= 15 is 0 Å². The van der Waals surface area contributed by atoms with E-state index < -0.39 is 0 Å². The Morgan fingerprint density at radius 3 is 2.64 bits per heavy atom. The molecule has 1 saturated heterocycles. The summed E-state index contributed by atoms with van der Waals surface area (Å²) in [6.07, 6.45) is 9.97. The Morgan fingerprint density at radius 1 is 1.09 bits per heavy atom. The van der Waals surface area contributed by atoms with Crippen molar-refractivity contribution in [1.29, 1.82) is 0 Å². The van der Waals surface area contributed by atoms with Crippen LogP contribution in [0.3, 0.4) is 0 Å². The summed E-state index contributed by atoms with van der Waals surface area (Å²) in [6, 6.07) is 11.0. The first kappa shape index (κ1) is 22.4. The lowest BCUT2D eigenvalue weighted by molar-refractivity contribution is 0.191. The van der Waals surface area contributed by atoms with Crippen molar-refractivity contribution in [3.63, 3.8) is 0 Å². The third kappa shape index (κ3) is 4.95. The molecule has 1 aliphatic carbocycles. The fraction of sp³-hybridized carbons (Fsp3) is 0.500. The summed E-state index contributed by atoms with van der Waals surface area (Å²) in [7, 11) is 2.16. The summed E-state index contributed by atoms with van der Waals surface area (Å²) in [5.74, 6) is 0.714. The normalized spacial score (nSPS) is 19.5. The first-order chi connectivity index (χ1) is 16.0. The number of aromatic nitrogens is 3. The monoisotopic (exact) mass is 462 g/mol. The zero-order valence-electron chi connectivity index (χ0n) is 19.7. The number of benzene rings is 1. The van der Waals surface area contributed by atoms with Crippen molar-refractivity contribution in [3.8, 4) is 21.8 Å². The predicted octanol–water partition coefficient (Wildman–Crippen LogP) is 5.20. The van der Waals surface area contributed by atoms with Crippen LogP contribution in [0.15, 0.2) is 36.5 Å². The summed E-state index contributed by atoms with van der Waals surface area (Å²) >= 11 is 1.70. The van der Waals surface area contributed by atoms with E-state index in [0.29, 0.717) is 12.0 Å². The molecule has 2 aromatic heterocycles. The molecular weight excluding hydrogens is 428 g/mol. The molecule has 2 aliphatic rings. The van der Waals surface area contributed by atoms with Gasteiger partial charge in [0.15, 0.2) is 0 Å². The number of likely N-dealkylation sites (tertiary alicyclic amines) is 1. The average Bonchev–Trinajstić information content (AvgIpc) is 3.29. The van der Waals surface area contributed by atoms with Crippen LogP contribution in [0.2, 0.25) is 0 Å². The largest absolute Gasteiger partial charge is 0.351 e. The average molecular weight is 463 g/mol. The maximum Gasteiger partial charge on any atom is 0.223 e. The Kier molecular flexibility index (Phi) is 6.45. The van der Waals surface area contributed by atoms with Crippen molar-refractivity contribution < 1.29 is 0 Å². The molecule has 2 fully saturated rings. The first-order valence-corrected chi connectivity index (χ1v) is 13.0. The smallest absolute Gasteiger partial charge is 0.223 e. The highest BCUT2D eigenvalue weighted by Crippen LogP contribution is 2.42. The lowest BCUT2D eigenvalue weighted by atomic mass is 9.89. The second-order valence-electron chi connectivity index (χ2n) is 9.77. The number of hydrogen-bond acceptors (Lipinski definition) is 7. The number of hydrogen-bond donors (Lipinski definition) is 2. The minimum Gasteiger partial charge on any atom is -0.351 e. The number of thiazole rings is 1. The van der Waals surface area contributed by atoms with E-state index in [1.165, 1.54) is 37.7 Å². The van der Waals surface area contributed by atoms with Gasteiger partial charge in [0.05, 0.1) is 21.8 Å². The Hall–Kier alpha value is -2.35.